The minimum Gasteiger partial charge on any atom is -0.458 e. The van der Waals surface area contributed by atoms with Crippen LogP contribution >= 0.6 is 0 Å². The van der Waals surface area contributed by atoms with Crippen LogP contribution in [0.25, 0.3) is 11.0 Å². The summed E-state index contributed by atoms with van der Waals surface area (Å²) in [6, 6.07) is 7.61. The van der Waals surface area contributed by atoms with E-state index in [-0.39, 0.29) is 5.82 Å². The van der Waals surface area contributed by atoms with Crippen LogP contribution in [0.4, 0.5) is 4.39 Å². The van der Waals surface area contributed by atoms with Crippen molar-refractivity contribution in [1.29, 1.82) is 0 Å². The molecule has 0 saturated heterocycles. The Bertz CT molecular complexity index is 563. The second-order valence-electron chi connectivity index (χ2n) is 5.25. The van der Waals surface area contributed by atoms with Gasteiger partial charge in [-0.05, 0) is 37.9 Å². The quantitative estimate of drug-likeness (QED) is 0.875. The van der Waals surface area contributed by atoms with Gasteiger partial charge in [-0.1, -0.05) is 19.1 Å². The van der Waals surface area contributed by atoms with Crippen LogP contribution in [0.5, 0.6) is 0 Å². The zero-order chi connectivity index (χ0) is 12.7. The highest BCUT2D eigenvalue weighted by Crippen LogP contribution is 2.41. The van der Waals surface area contributed by atoms with E-state index in [4.69, 9.17) is 4.42 Å². The molecule has 1 aromatic heterocycles. The van der Waals surface area contributed by atoms with Crippen molar-refractivity contribution in [3.8, 4) is 0 Å². The molecule has 3 atom stereocenters. The molecule has 2 aromatic rings. The maximum absolute atomic E-state index is 13.6. The van der Waals surface area contributed by atoms with Crippen LogP contribution in [0.3, 0.4) is 0 Å². The summed E-state index contributed by atoms with van der Waals surface area (Å²) in [4.78, 5) is 0. The predicted octanol–water partition coefficient (Wildman–Crippen LogP) is 3.67. The molecule has 3 rings (SSSR count). The molecule has 1 saturated carbocycles. The average Bonchev–Trinajstić information content (AvgIpc) is 2.93. The molecule has 1 aromatic carbocycles. The predicted molar refractivity (Wildman–Crippen MR) is 70.2 cm³/mol. The fraction of sp³-hybridized carbons (Fsp3) is 0.467. The van der Waals surface area contributed by atoms with Gasteiger partial charge in [0, 0.05) is 17.3 Å². The van der Waals surface area contributed by atoms with E-state index in [2.05, 4.69) is 12.2 Å². The summed E-state index contributed by atoms with van der Waals surface area (Å²) in [6.45, 7) is 2.24. The molecule has 1 aliphatic rings. The molecule has 2 nitrogen and oxygen atoms in total. The minimum atomic E-state index is -0.269. The Morgan fingerprint density at radius 3 is 2.83 bits per heavy atom. The van der Waals surface area contributed by atoms with Crippen molar-refractivity contribution in [1.82, 2.24) is 5.32 Å². The van der Waals surface area contributed by atoms with Gasteiger partial charge >= 0.3 is 0 Å². The Balaban J connectivity index is 1.98. The Morgan fingerprint density at radius 2 is 2.17 bits per heavy atom. The molecule has 96 valence electrons. The van der Waals surface area contributed by atoms with Crippen LogP contribution < -0.4 is 5.32 Å². The molecule has 1 N–H and O–H groups in total. The number of benzene rings is 1. The van der Waals surface area contributed by atoms with Gasteiger partial charge in [-0.3, -0.25) is 0 Å². The molecule has 1 aliphatic carbocycles. The van der Waals surface area contributed by atoms with E-state index in [0.717, 1.165) is 24.0 Å². The number of para-hydroxylation sites is 1. The highest BCUT2D eigenvalue weighted by Gasteiger charge is 2.34. The standard InChI is InChI=1S/C15H18FNO/c1-9-11(6-7-13(9)17-2)14-8-10-4-3-5-12(16)15(10)18-14/h3-5,8-9,11,13,17H,6-7H2,1-2H3. The van der Waals surface area contributed by atoms with Crippen LogP contribution in [0, 0.1) is 11.7 Å². The number of nitrogens with one attached hydrogen (secondary N) is 1. The number of rotatable bonds is 2. The summed E-state index contributed by atoms with van der Waals surface area (Å²) >= 11 is 0. The Kier molecular flexibility index (Phi) is 2.86. The van der Waals surface area contributed by atoms with Crippen molar-refractivity contribution in [3.63, 3.8) is 0 Å². The molecule has 0 radical (unpaired) electrons. The maximum atomic E-state index is 13.6. The van der Waals surface area contributed by atoms with Crippen LogP contribution in [0.15, 0.2) is 28.7 Å². The lowest BCUT2D eigenvalue weighted by Gasteiger charge is -2.18. The van der Waals surface area contributed by atoms with Crippen molar-refractivity contribution < 1.29 is 8.81 Å². The van der Waals surface area contributed by atoms with E-state index >= 15 is 0 Å². The summed E-state index contributed by atoms with van der Waals surface area (Å²) in [5.41, 5.74) is 0.396. The van der Waals surface area contributed by atoms with Gasteiger partial charge in [0.2, 0.25) is 0 Å². The molecule has 3 heteroatoms. The van der Waals surface area contributed by atoms with Crippen molar-refractivity contribution in [3.05, 3.63) is 35.8 Å². The van der Waals surface area contributed by atoms with Crippen molar-refractivity contribution >= 4 is 11.0 Å². The lowest BCUT2D eigenvalue weighted by molar-refractivity contribution is 0.384. The molecule has 18 heavy (non-hydrogen) atoms. The van der Waals surface area contributed by atoms with Gasteiger partial charge in [0.15, 0.2) is 11.4 Å². The Labute approximate surface area is 106 Å². The van der Waals surface area contributed by atoms with Gasteiger partial charge in [-0.15, -0.1) is 0 Å². The van der Waals surface area contributed by atoms with E-state index in [0.29, 0.717) is 23.5 Å². The van der Waals surface area contributed by atoms with E-state index in [1.807, 2.05) is 19.2 Å². The van der Waals surface area contributed by atoms with Gasteiger partial charge in [-0.25, -0.2) is 4.39 Å². The molecule has 3 unspecified atom stereocenters. The smallest absolute Gasteiger partial charge is 0.169 e. The molecule has 1 heterocycles. The lowest BCUT2D eigenvalue weighted by Crippen LogP contribution is -2.28. The number of hydrogen-bond acceptors (Lipinski definition) is 2. The second-order valence-corrected chi connectivity index (χ2v) is 5.25. The molecular weight excluding hydrogens is 229 g/mol. The number of hydrogen-bond donors (Lipinski definition) is 1. The monoisotopic (exact) mass is 247 g/mol. The van der Waals surface area contributed by atoms with Gasteiger partial charge in [0.1, 0.15) is 5.76 Å². The molecule has 0 amide bonds. The number of halogens is 1. The van der Waals surface area contributed by atoms with Crippen LogP contribution in [0.2, 0.25) is 0 Å². The normalized spacial score (nSPS) is 28.1. The average molecular weight is 247 g/mol. The minimum absolute atomic E-state index is 0.269. The lowest BCUT2D eigenvalue weighted by atomic mass is 9.93. The van der Waals surface area contributed by atoms with Gasteiger partial charge in [-0.2, -0.15) is 0 Å². The fourth-order valence-electron chi connectivity index (χ4n) is 3.20. The van der Waals surface area contributed by atoms with Crippen LogP contribution in [0.1, 0.15) is 31.4 Å². The van der Waals surface area contributed by atoms with Crippen LogP contribution in [-0.2, 0) is 0 Å². The summed E-state index contributed by atoms with van der Waals surface area (Å²) in [5.74, 6) is 1.59. The molecule has 0 aliphatic heterocycles. The fourth-order valence-corrected chi connectivity index (χ4v) is 3.20. The van der Waals surface area contributed by atoms with Gasteiger partial charge in [0.05, 0.1) is 0 Å². The van der Waals surface area contributed by atoms with E-state index < -0.39 is 0 Å². The Hall–Kier alpha value is -1.35. The SMILES string of the molecule is CNC1CCC(c2cc3cccc(F)c3o2)C1C. The molecule has 1 fully saturated rings. The number of furan rings is 1. The Morgan fingerprint density at radius 1 is 1.33 bits per heavy atom. The molecule has 0 spiro atoms. The first-order valence-corrected chi connectivity index (χ1v) is 6.56. The van der Waals surface area contributed by atoms with E-state index in [1.54, 1.807) is 6.07 Å². The first kappa shape index (κ1) is 11.7. The third kappa shape index (κ3) is 1.74. The third-order valence-corrected chi connectivity index (χ3v) is 4.31. The van der Waals surface area contributed by atoms with E-state index in [9.17, 15) is 4.39 Å². The van der Waals surface area contributed by atoms with Crippen molar-refractivity contribution in [2.24, 2.45) is 5.92 Å². The highest BCUT2D eigenvalue weighted by atomic mass is 19.1. The molecular formula is C15H18FNO. The summed E-state index contributed by atoms with van der Waals surface area (Å²) in [7, 11) is 2.00. The summed E-state index contributed by atoms with van der Waals surface area (Å²) in [5, 5.41) is 4.21. The highest BCUT2D eigenvalue weighted by molar-refractivity contribution is 5.78. The first-order valence-electron chi connectivity index (χ1n) is 6.56. The zero-order valence-electron chi connectivity index (χ0n) is 10.7. The topological polar surface area (TPSA) is 25.2 Å². The van der Waals surface area contributed by atoms with Gasteiger partial charge < -0.3 is 9.73 Å². The van der Waals surface area contributed by atoms with Crippen molar-refractivity contribution in [2.75, 3.05) is 7.05 Å². The third-order valence-electron chi connectivity index (χ3n) is 4.31. The second kappa shape index (κ2) is 4.39. The van der Waals surface area contributed by atoms with E-state index in [1.165, 1.54) is 6.07 Å². The van der Waals surface area contributed by atoms with Gasteiger partial charge in [0.25, 0.3) is 0 Å². The zero-order valence-corrected chi connectivity index (χ0v) is 10.7. The largest absolute Gasteiger partial charge is 0.458 e. The summed E-state index contributed by atoms with van der Waals surface area (Å²) in [6.07, 6.45) is 2.26. The maximum Gasteiger partial charge on any atom is 0.169 e. The summed E-state index contributed by atoms with van der Waals surface area (Å²) < 4.78 is 19.4. The first-order chi connectivity index (χ1) is 8.70. The van der Waals surface area contributed by atoms with Crippen molar-refractivity contribution in [2.45, 2.75) is 31.7 Å². The molecule has 0 bridgehead atoms. The number of fused-ring (bicyclic) bond motifs is 1. The van der Waals surface area contributed by atoms with Crippen LogP contribution in [-0.4, -0.2) is 13.1 Å².